The van der Waals surface area contributed by atoms with Gasteiger partial charge in [0.25, 0.3) is 6.47 Å². The standard InChI is InChI=1S/C12H10N2O2/c15-9-16-12(10-4-2-1-3-5-10)11-8-13-6-7-14-11/h1-9,12H. The lowest BCUT2D eigenvalue weighted by Gasteiger charge is -2.14. The van der Waals surface area contributed by atoms with Crippen molar-refractivity contribution in [3.05, 3.63) is 60.2 Å². The first-order valence-corrected chi connectivity index (χ1v) is 4.82. The van der Waals surface area contributed by atoms with E-state index in [-0.39, 0.29) is 0 Å². The molecule has 0 saturated heterocycles. The van der Waals surface area contributed by atoms with Crippen molar-refractivity contribution in [1.29, 1.82) is 0 Å². The summed E-state index contributed by atoms with van der Waals surface area (Å²) in [6.07, 6.45) is 4.24. The fourth-order valence-corrected chi connectivity index (χ4v) is 1.45. The molecule has 0 aliphatic heterocycles. The predicted molar refractivity (Wildman–Crippen MR) is 57.5 cm³/mol. The monoisotopic (exact) mass is 214 g/mol. The van der Waals surface area contributed by atoms with E-state index >= 15 is 0 Å². The lowest BCUT2D eigenvalue weighted by molar-refractivity contribution is -0.132. The van der Waals surface area contributed by atoms with Gasteiger partial charge in [0.2, 0.25) is 0 Å². The summed E-state index contributed by atoms with van der Waals surface area (Å²) in [5.74, 6) is 0. The Morgan fingerprint density at radius 1 is 1.19 bits per heavy atom. The topological polar surface area (TPSA) is 52.1 Å². The van der Waals surface area contributed by atoms with Gasteiger partial charge >= 0.3 is 0 Å². The third kappa shape index (κ3) is 2.23. The number of carbonyl (C=O) groups excluding carboxylic acids is 1. The van der Waals surface area contributed by atoms with Crippen LogP contribution in [0.2, 0.25) is 0 Å². The van der Waals surface area contributed by atoms with E-state index in [4.69, 9.17) is 4.74 Å². The van der Waals surface area contributed by atoms with Crippen molar-refractivity contribution < 1.29 is 9.53 Å². The number of rotatable bonds is 4. The molecule has 0 saturated carbocycles. The molecule has 0 spiro atoms. The molecule has 0 aliphatic rings. The quantitative estimate of drug-likeness (QED) is 0.727. The molecular weight excluding hydrogens is 204 g/mol. The van der Waals surface area contributed by atoms with Gasteiger partial charge in [-0.1, -0.05) is 30.3 Å². The number of carbonyl (C=O) groups is 1. The van der Waals surface area contributed by atoms with Gasteiger partial charge in [-0.15, -0.1) is 0 Å². The zero-order valence-corrected chi connectivity index (χ0v) is 8.48. The van der Waals surface area contributed by atoms with E-state index < -0.39 is 6.10 Å². The number of nitrogens with zero attached hydrogens (tertiary/aromatic N) is 2. The largest absolute Gasteiger partial charge is 0.453 e. The zero-order chi connectivity index (χ0) is 11.2. The van der Waals surface area contributed by atoms with E-state index in [1.54, 1.807) is 18.6 Å². The van der Waals surface area contributed by atoms with Crippen LogP contribution in [0.25, 0.3) is 0 Å². The molecule has 0 aliphatic carbocycles. The first-order chi connectivity index (χ1) is 7.92. The first kappa shape index (κ1) is 10.3. The molecule has 4 heteroatoms. The Morgan fingerprint density at radius 2 is 2.00 bits per heavy atom. The molecule has 0 radical (unpaired) electrons. The molecule has 1 atom stereocenters. The molecule has 16 heavy (non-hydrogen) atoms. The summed E-state index contributed by atoms with van der Waals surface area (Å²) in [6, 6.07) is 9.42. The normalized spacial score (nSPS) is 11.8. The Balaban J connectivity index is 2.35. The van der Waals surface area contributed by atoms with Crippen molar-refractivity contribution in [2.45, 2.75) is 6.10 Å². The number of aromatic nitrogens is 2. The van der Waals surface area contributed by atoms with Crippen LogP contribution in [-0.4, -0.2) is 16.4 Å². The highest BCUT2D eigenvalue weighted by atomic mass is 16.5. The number of hydrogen-bond acceptors (Lipinski definition) is 4. The highest BCUT2D eigenvalue weighted by Crippen LogP contribution is 2.22. The Bertz CT molecular complexity index is 406. The molecule has 1 unspecified atom stereocenters. The minimum atomic E-state index is -0.493. The lowest BCUT2D eigenvalue weighted by Crippen LogP contribution is -2.07. The lowest BCUT2D eigenvalue weighted by atomic mass is 10.1. The summed E-state index contributed by atoms with van der Waals surface area (Å²) in [7, 11) is 0. The van der Waals surface area contributed by atoms with Crippen LogP contribution in [0.4, 0.5) is 0 Å². The van der Waals surface area contributed by atoms with Crippen molar-refractivity contribution in [3.63, 3.8) is 0 Å². The average Bonchev–Trinajstić information content (AvgIpc) is 2.38. The van der Waals surface area contributed by atoms with E-state index in [1.807, 2.05) is 30.3 Å². The fourth-order valence-electron chi connectivity index (χ4n) is 1.45. The highest BCUT2D eigenvalue weighted by molar-refractivity contribution is 5.40. The Labute approximate surface area is 92.9 Å². The van der Waals surface area contributed by atoms with Crippen LogP contribution in [0.3, 0.4) is 0 Å². The zero-order valence-electron chi connectivity index (χ0n) is 8.48. The van der Waals surface area contributed by atoms with E-state index in [0.29, 0.717) is 12.2 Å². The van der Waals surface area contributed by atoms with Gasteiger partial charge in [0.1, 0.15) is 5.69 Å². The van der Waals surface area contributed by atoms with Gasteiger partial charge in [-0.05, 0) is 5.56 Å². The molecule has 80 valence electrons. The SMILES string of the molecule is O=COC(c1ccccc1)c1cnccn1. The van der Waals surface area contributed by atoms with Crippen LogP contribution in [0.5, 0.6) is 0 Å². The van der Waals surface area contributed by atoms with E-state index in [2.05, 4.69) is 9.97 Å². The maximum Gasteiger partial charge on any atom is 0.294 e. The summed E-state index contributed by atoms with van der Waals surface area (Å²) < 4.78 is 5.03. The third-order valence-corrected chi connectivity index (χ3v) is 2.15. The van der Waals surface area contributed by atoms with Gasteiger partial charge in [-0.2, -0.15) is 0 Å². The van der Waals surface area contributed by atoms with Gasteiger partial charge in [-0.3, -0.25) is 14.8 Å². The van der Waals surface area contributed by atoms with Crippen molar-refractivity contribution in [1.82, 2.24) is 9.97 Å². The predicted octanol–water partition coefficient (Wildman–Crippen LogP) is 1.74. The van der Waals surface area contributed by atoms with Crippen LogP contribution in [0.15, 0.2) is 48.9 Å². The van der Waals surface area contributed by atoms with Crippen molar-refractivity contribution in [2.24, 2.45) is 0 Å². The van der Waals surface area contributed by atoms with Gasteiger partial charge in [-0.25, -0.2) is 0 Å². The number of ether oxygens (including phenoxy) is 1. The maximum absolute atomic E-state index is 10.5. The van der Waals surface area contributed by atoms with Gasteiger partial charge in [0.15, 0.2) is 6.10 Å². The average molecular weight is 214 g/mol. The van der Waals surface area contributed by atoms with Crippen molar-refractivity contribution in [2.75, 3.05) is 0 Å². The summed E-state index contributed by atoms with van der Waals surface area (Å²) in [4.78, 5) is 18.6. The van der Waals surface area contributed by atoms with Crippen LogP contribution < -0.4 is 0 Å². The molecule has 4 nitrogen and oxygen atoms in total. The Hall–Kier alpha value is -2.23. The maximum atomic E-state index is 10.5. The van der Waals surface area contributed by atoms with Gasteiger partial charge < -0.3 is 4.74 Å². The highest BCUT2D eigenvalue weighted by Gasteiger charge is 2.15. The molecule has 0 bridgehead atoms. The number of benzene rings is 1. The summed E-state index contributed by atoms with van der Waals surface area (Å²) in [6.45, 7) is 0.423. The van der Waals surface area contributed by atoms with Gasteiger partial charge in [0, 0.05) is 12.4 Å². The Kier molecular flexibility index (Phi) is 3.23. The summed E-state index contributed by atoms with van der Waals surface area (Å²) in [5, 5.41) is 0. The molecule has 1 aromatic carbocycles. The first-order valence-electron chi connectivity index (χ1n) is 4.82. The molecule has 0 fully saturated rings. The van der Waals surface area contributed by atoms with Crippen LogP contribution in [0, 0.1) is 0 Å². The Morgan fingerprint density at radius 3 is 2.62 bits per heavy atom. The van der Waals surface area contributed by atoms with Gasteiger partial charge in [0.05, 0.1) is 6.20 Å². The van der Waals surface area contributed by atoms with E-state index in [0.717, 1.165) is 5.56 Å². The minimum absolute atomic E-state index is 0.423. The number of hydrogen-bond donors (Lipinski definition) is 0. The third-order valence-electron chi connectivity index (χ3n) is 2.15. The molecule has 0 N–H and O–H groups in total. The molecule has 2 rings (SSSR count). The smallest absolute Gasteiger partial charge is 0.294 e. The molecule has 0 amide bonds. The molecule has 1 aromatic heterocycles. The van der Waals surface area contributed by atoms with E-state index in [1.165, 1.54) is 0 Å². The molecular formula is C12H10N2O2. The summed E-state index contributed by atoms with van der Waals surface area (Å²) in [5.41, 5.74) is 1.48. The van der Waals surface area contributed by atoms with Crippen LogP contribution in [-0.2, 0) is 9.53 Å². The fraction of sp³-hybridized carbons (Fsp3) is 0.0833. The summed E-state index contributed by atoms with van der Waals surface area (Å²) >= 11 is 0. The second-order valence-corrected chi connectivity index (χ2v) is 3.15. The minimum Gasteiger partial charge on any atom is -0.453 e. The van der Waals surface area contributed by atoms with Crippen molar-refractivity contribution in [3.8, 4) is 0 Å². The second kappa shape index (κ2) is 5.02. The van der Waals surface area contributed by atoms with Crippen LogP contribution in [0.1, 0.15) is 17.4 Å². The molecule has 1 heterocycles. The van der Waals surface area contributed by atoms with Crippen molar-refractivity contribution >= 4 is 6.47 Å². The second-order valence-electron chi connectivity index (χ2n) is 3.15. The van der Waals surface area contributed by atoms with Crippen LogP contribution >= 0.6 is 0 Å². The van der Waals surface area contributed by atoms with E-state index in [9.17, 15) is 4.79 Å². The molecule has 2 aromatic rings.